The van der Waals surface area contributed by atoms with Crippen LogP contribution in [-0.2, 0) is 16.7 Å². The van der Waals surface area contributed by atoms with Crippen molar-refractivity contribution in [1.82, 2.24) is 10.2 Å². The first-order chi connectivity index (χ1) is 15.8. The summed E-state index contributed by atoms with van der Waals surface area (Å²) in [7, 11) is 0. The number of ether oxygens (including phenoxy) is 1. The Kier molecular flexibility index (Phi) is 6.82. The van der Waals surface area contributed by atoms with Crippen molar-refractivity contribution in [3.63, 3.8) is 0 Å². The molecule has 0 saturated carbocycles. The summed E-state index contributed by atoms with van der Waals surface area (Å²) in [6.45, 7) is 12.4. The minimum absolute atomic E-state index is 0.0337. The summed E-state index contributed by atoms with van der Waals surface area (Å²) >= 11 is 0. The van der Waals surface area contributed by atoms with Crippen molar-refractivity contribution < 1.29 is 23.8 Å². The van der Waals surface area contributed by atoms with Crippen LogP contribution >= 0.6 is 0 Å². The fourth-order valence-electron chi connectivity index (χ4n) is 3.52. The van der Waals surface area contributed by atoms with E-state index in [1.54, 1.807) is 39.0 Å². The summed E-state index contributed by atoms with van der Waals surface area (Å²) in [6.07, 6.45) is -0.398. The molecule has 9 nitrogen and oxygen atoms in total. The van der Waals surface area contributed by atoms with E-state index in [1.807, 2.05) is 20.8 Å². The summed E-state index contributed by atoms with van der Waals surface area (Å²) in [5, 5.41) is 25.6. The molecule has 2 heterocycles. The summed E-state index contributed by atoms with van der Waals surface area (Å²) in [5.74, 6) is 0.270. The number of amides is 2. The van der Waals surface area contributed by atoms with Gasteiger partial charge < -0.3 is 29.8 Å². The van der Waals surface area contributed by atoms with E-state index in [4.69, 9.17) is 9.15 Å². The number of nitriles is 1. The molecule has 0 spiro atoms. The Hall–Kier alpha value is -3.67. The number of phenolic OH excluding ortho intramolecular Hbond substituents is 1. The van der Waals surface area contributed by atoms with Gasteiger partial charge in [0.15, 0.2) is 5.76 Å². The maximum absolute atomic E-state index is 12.5. The third-order valence-corrected chi connectivity index (χ3v) is 5.27. The van der Waals surface area contributed by atoms with E-state index in [-0.39, 0.29) is 35.4 Å². The van der Waals surface area contributed by atoms with E-state index in [1.165, 1.54) is 11.0 Å². The van der Waals surface area contributed by atoms with Gasteiger partial charge in [-0.25, -0.2) is 4.79 Å². The van der Waals surface area contributed by atoms with Gasteiger partial charge in [0.1, 0.15) is 17.1 Å². The molecule has 1 fully saturated rings. The van der Waals surface area contributed by atoms with Crippen LogP contribution in [0.3, 0.4) is 0 Å². The van der Waals surface area contributed by atoms with Gasteiger partial charge in [-0.05, 0) is 49.9 Å². The van der Waals surface area contributed by atoms with Crippen molar-refractivity contribution in [3.8, 4) is 11.8 Å². The largest absolute Gasteiger partial charge is 0.506 e. The van der Waals surface area contributed by atoms with Crippen molar-refractivity contribution >= 4 is 17.7 Å². The van der Waals surface area contributed by atoms with Crippen LogP contribution in [0.4, 0.5) is 10.5 Å². The van der Waals surface area contributed by atoms with Crippen molar-refractivity contribution in [2.24, 2.45) is 0 Å². The number of carbonyl (C=O) groups excluding carboxylic acids is 2. The number of carbonyl (C=O) groups is 2. The summed E-state index contributed by atoms with van der Waals surface area (Å²) in [5.41, 5.74) is 0.881. The van der Waals surface area contributed by atoms with Gasteiger partial charge in [0.05, 0.1) is 29.9 Å². The predicted molar refractivity (Wildman–Crippen MR) is 127 cm³/mol. The average molecular weight is 469 g/mol. The number of benzene rings is 1. The van der Waals surface area contributed by atoms with Crippen LogP contribution in [0.5, 0.6) is 5.75 Å². The van der Waals surface area contributed by atoms with E-state index in [9.17, 15) is 20.0 Å². The van der Waals surface area contributed by atoms with Gasteiger partial charge in [-0.2, -0.15) is 5.26 Å². The molecule has 0 unspecified atom stereocenters. The molecule has 34 heavy (non-hydrogen) atoms. The van der Waals surface area contributed by atoms with Gasteiger partial charge >= 0.3 is 6.09 Å². The summed E-state index contributed by atoms with van der Waals surface area (Å²) < 4.78 is 11.0. The lowest BCUT2D eigenvalue weighted by atomic mass is 9.83. The molecule has 3 rings (SSSR count). The minimum atomic E-state index is -0.563. The van der Waals surface area contributed by atoms with Gasteiger partial charge in [0.25, 0.3) is 5.91 Å². The number of rotatable bonds is 5. The lowest BCUT2D eigenvalue weighted by molar-refractivity contribution is 0.00521. The molecule has 0 aliphatic carbocycles. The van der Waals surface area contributed by atoms with Gasteiger partial charge in [-0.15, -0.1) is 0 Å². The predicted octanol–water partition coefficient (Wildman–Crippen LogP) is 4.12. The van der Waals surface area contributed by atoms with E-state index in [2.05, 4.69) is 16.7 Å². The van der Waals surface area contributed by atoms with Crippen LogP contribution in [0.25, 0.3) is 0 Å². The lowest BCUT2D eigenvalue weighted by Crippen LogP contribution is -2.61. The zero-order valence-corrected chi connectivity index (χ0v) is 20.5. The SMILES string of the molecule is CC(C)(C)OC(=O)N1CC(NC(=O)c2ccc(CNc3cc(C(C)(C)C)c(C#N)cc3O)o2)C1. The third-order valence-electron chi connectivity index (χ3n) is 5.27. The van der Waals surface area contributed by atoms with Crippen LogP contribution < -0.4 is 10.6 Å². The van der Waals surface area contributed by atoms with E-state index < -0.39 is 11.7 Å². The number of likely N-dealkylation sites (tertiary alicyclic amines) is 1. The highest BCUT2D eigenvalue weighted by molar-refractivity contribution is 5.92. The zero-order valence-electron chi connectivity index (χ0n) is 20.5. The Morgan fingerprint density at radius 1 is 1.21 bits per heavy atom. The number of furan rings is 1. The Labute approximate surface area is 199 Å². The maximum atomic E-state index is 12.5. The first-order valence-corrected chi connectivity index (χ1v) is 11.2. The molecule has 2 aromatic rings. The monoisotopic (exact) mass is 468 g/mol. The lowest BCUT2D eigenvalue weighted by Gasteiger charge is -2.39. The Morgan fingerprint density at radius 2 is 1.88 bits per heavy atom. The highest BCUT2D eigenvalue weighted by atomic mass is 16.6. The molecule has 0 atom stereocenters. The molecular weight excluding hydrogens is 436 g/mol. The number of hydrogen-bond acceptors (Lipinski definition) is 7. The maximum Gasteiger partial charge on any atom is 0.410 e. The number of hydrogen-bond donors (Lipinski definition) is 3. The second kappa shape index (κ2) is 9.29. The first-order valence-electron chi connectivity index (χ1n) is 11.2. The molecule has 0 bridgehead atoms. The second-order valence-corrected chi connectivity index (χ2v) is 10.5. The first kappa shape index (κ1) is 25.0. The van der Waals surface area contributed by atoms with Crippen molar-refractivity contribution in [2.75, 3.05) is 18.4 Å². The smallest absolute Gasteiger partial charge is 0.410 e. The second-order valence-electron chi connectivity index (χ2n) is 10.5. The number of nitrogens with zero attached hydrogens (tertiary/aromatic N) is 2. The molecule has 1 aromatic carbocycles. The summed E-state index contributed by atoms with van der Waals surface area (Å²) in [6, 6.07) is 8.43. The molecule has 0 radical (unpaired) electrons. The standard InChI is InChI=1S/C25H32N4O5/c1-24(2,3)18-10-19(20(30)9-15(18)11-26)27-12-17-7-8-21(33-17)22(31)28-16-13-29(14-16)23(32)34-25(4,5)6/h7-10,16,27,30H,12-14H2,1-6H3,(H,28,31). The molecule has 2 amide bonds. The van der Waals surface area contributed by atoms with Gasteiger partial charge in [-0.1, -0.05) is 20.8 Å². The van der Waals surface area contributed by atoms with Gasteiger partial charge in [0, 0.05) is 19.2 Å². The molecule has 3 N–H and O–H groups in total. The van der Waals surface area contributed by atoms with Crippen molar-refractivity contribution in [3.05, 3.63) is 46.9 Å². The zero-order chi connectivity index (χ0) is 25.3. The highest BCUT2D eigenvalue weighted by Crippen LogP contribution is 2.34. The van der Waals surface area contributed by atoms with Crippen molar-refractivity contribution in [1.29, 1.82) is 5.26 Å². The van der Waals surface area contributed by atoms with E-state index >= 15 is 0 Å². The Balaban J connectivity index is 1.55. The molecule has 1 saturated heterocycles. The highest BCUT2D eigenvalue weighted by Gasteiger charge is 2.35. The normalized spacial score (nSPS) is 14.2. The molecular formula is C25H32N4O5. The number of nitrogens with one attached hydrogen (secondary N) is 2. The Morgan fingerprint density at radius 3 is 2.47 bits per heavy atom. The van der Waals surface area contributed by atoms with Crippen LogP contribution in [-0.4, -0.2) is 46.7 Å². The van der Waals surface area contributed by atoms with Gasteiger partial charge in [0.2, 0.25) is 0 Å². The third kappa shape index (κ3) is 6.01. The van der Waals surface area contributed by atoms with Crippen LogP contribution in [0.2, 0.25) is 0 Å². The van der Waals surface area contributed by atoms with E-state index in [0.717, 1.165) is 5.56 Å². The van der Waals surface area contributed by atoms with Crippen molar-refractivity contribution in [2.45, 2.75) is 65.1 Å². The number of aromatic hydroxyl groups is 1. The fourth-order valence-corrected chi connectivity index (χ4v) is 3.52. The summed E-state index contributed by atoms with van der Waals surface area (Å²) in [4.78, 5) is 26.0. The molecule has 182 valence electrons. The average Bonchev–Trinajstić information content (AvgIpc) is 3.15. The van der Waals surface area contributed by atoms with Crippen LogP contribution in [0.1, 0.15) is 69.0 Å². The van der Waals surface area contributed by atoms with Crippen LogP contribution in [0.15, 0.2) is 28.7 Å². The van der Waals surface area contributed by atoms with E-state index in [0.29, 0.717) is 30.1 Å². The Bertz CT molecular complexity index is 1110. The molecule has 1 aliphatic rings. The number of phenols is 1. The minimum Gasteiger partial charge on any atom is -0.506 e. The fraction of sp³-hybridized carbons (Fsp3) is 0.480. The quantitative estimate of drug-likeness (QED) is 0.563. The van der Waals surface area contributed by atoms with Gasteiger partial charge in [-0.3, -0.25) is 4.79 Å². The molecule has 1 aliphatic heterocycles. The molecule has 1 aromatic heterocycles. The topological polar surface area (TPSA) is 128 Å². The molecule has 9 heteroatoms. The number of anilines is 1. The van der Waals surface area contributed by atoms with Crippen LogP contribution in [0, 0.1) is 11.3 Å².